The van der Waals surface area contributed by atoms with Gasteiger partial charge in [0, 0.05) is 9.19 Å². The maximum atomic E-state index is 3.57. The Balaban J connectivity index is 2.40. The standard InChI is InChI=1S/C3H9PSi/c1-2-3-5-4/h2H,1,3-5H2. The van der Waals surface area contributed by atoms with Crippen LogP contribution in [-0.4, -0.2) is 9.19 Å². The molecule has 0 aliphatic rings. The van der Waals surface area contributed by atoms with Gasteiger partial charge in [0.25, 0.3) is 0 Å². The van der Waals surface area contributed by atoms with Gasteiger partial charge in [0.2, 0.25) is 0 Å². The molecule has 0 spiro atoms. The lowest BCUT2D eigenvalue weighted by molar-refractivity contribution is 1.75. The summed E-state index contributed by atoms with van der Waals surface area (Å²) in [5.74, 6) is 0. The fourth-order valence-electron chi connectivity index (χ4n) is 0.118. The van der Waals surface area contributed by atoms with Gasteiger partial charge < -0.3 is 0 Å². The van der Waals surface area contributed by atoms with Crippen LogP contribution in [-0.2, 0) is 0 Å². The van der Waals surface area contributed by atoms with Crippen molar-refractivity contribution in [2.24, 2.45) is 0 Å². The summed E-state index contributed by atoms with van der Waals surface area (Å²) in [6, 6.07) is 1.25. The molecule has 0 saturated heterocycles. The van der Waals surface area contributed by atoms with Gasteiger partial charge in [0.1, 0.15) is 0 Å². The van der Waals surface area contributed by atoms with Crippen LogP contribution in [0.15, 0.2) is 12.7 Å². The fourth-order valence-corrected chi connectivity index (χ4v) is 1.06. The molecular formula is C3H9PSi. The highest BCUT2D eigenvalue weighted by molar-refractivity contribution is 7.55. The Labute approximate surface area is 37.5 Å². The number of allylic oxidation sites excluding steroid dienone is 1. The second-order valence-corrected chi connectivity index (χ2v) is 3.75. The first-order valence-corrected chi connectivity index (χ1v) is 5.99. The third-order valence-electron chi connectivity index (χ3n) is 0.371. The van der Waals surface area contributed by atoms with Crippen molar-refractivity contribution < 1.29 is 0 Å². The van der Waals surface area contributed by atoms with E-state index in [1.807, 2.05) is 6.08 Å². The van der Waals surface area contributed by atoms with E-state index in [4.69, 9.17) is 0 Å². The SMILES string of the molecule is C=CC[SiH2]P. The monoisotopic (exact) mass is 104 g/mol. The molecule has 0 aliphatic heterocycles. The summed E-state index contributed by atoms with van der Waals surface area (Å²) in [7, 11) is 2.98. The predicted octanol–water partition coefficient (Wildman–Crippen LogP) is 0.550. The van der Waals surface area contributed by atoms with Crippen LogP contribution in [0.4, 0.5) is 0 Å². The molecule has 0 rings (SSSR count). The molecule has 0 aromatic carbocycles. The highest BCUT2D eigenvalue weighted by atomic mass is 31.3. The van der Waals surface area contributed by atoms with E-state index in [1.165, 1.54) is 6.04 Å². The third-order valence-corrected chi connectivity index (χ3v) is 2.11. The van der Waals surface area contributed by atoms with Crippen molar-refractivity contribution in [3.63, 3.8) is 0 Å². The van der Waals surface area contributed by atoms with Crippen LogP contribution in [0.1, 0.15) is 0 Å². The van der Waals surface area contributed by atoms with E-state index in [9.17, 15) is 0 Å². The van der Waals surface area contributed by atoms with Gasteiger partial charge in [-0.1, -0.05) is 6.08 Å². The zero-order valence-electron chi connectivity index (χ0n) is 3.28. The molecule has 2 heteroatoms. The zero-order chi connectivity index (χ0) is 4.12. The molecule has 0 radical (unpaired) electrons. The lowest BCUT2D eigenvalue weighted by Gasteiger charge is -1.71. The van der Waals surface area contributed by atoms with Crippen LogP contribution in [0.5, 0.6) is 0 Å². The highest BCUT2D eigenvalue weighted by Crippen LogP contribution is 1.82. The van der Waals surface area contributed by atoms with E-state index in [1.54, 1.807) is 0 Å². The van der Waals surface area contributed by atoms with Crippen LogP contribution >= 0.6 is 8.79 Å². The molecule has 0 bridgehead atoms. The minimum Gasteiger partial charge on any atom is -0.155 e. The Morgan fingerprint density at radius 1 is 2.00 bits per heavy atom. The van der Waals surface area contributed by atoms with Gasteiger partial charge in [0.05, 0.1) is 0 Å². The Bertz CT molecular complexity index is 28.1. The lowest BCUT2D eigenvalue weighted by atomic mass is 10.8. The van der Waals surface area contributed by atoms with Crippen molar-refractivity contribution in [3.05, 3.63) is 12.7 Å². The summed E-state index contributed by atoms with van der Waals surface area (Å²) in [4.78, 5) is 0. The Hall–Kier alpha value is 0.387. The number of hydrogen-bond acceptors (Lipinski definition) is 0. The van der Waals surface area contributed by atoms with Crippen molar-refractivity contribution >= 4 is 18.0 Å². The number of hydrogen-bond donors (Lipinski definition) is 0. The molecule has 1 atom stereocenters. The first kappa shape index (κ1) is 5.39. The van der Waals surface area contributed by atoms with Gasteiger partial charge in [-0.2, -0.15) is 8.79 Å². The minimum atomic E-state index is 0.213. The van der Waals surface area contributed by atoms with Crippen LogP contribution in [0, 0.1) is 0 Å². The quantitative estimate of drug-likeness (QED) is 0.272. The summed E-state index contributed by atoms with van der Waals surface area (Å²) in [5, 5.41) is 0. The molecular weight excluding hydrogens is 95.1 g/mol. The normalized spacial score (nSPS) is 9.80. The van der Waals surface area contributed by atoms with E-state index >= 15 is 0 Å². The summed E-state index contributed by atoms with van der Waals surface area (Å²) in [6.07, 6.45) is 1.97. The average Bonchev–Trinajstić information content (AvgIpc) is 1.41. The van der Waals surface area contributed by atoms with Crippen LogP contribution in [0.2, 0.25) is 6.04 Å². The summed E-state index contributed by atoms with van der Waals surface area (Å²) < 4.78 is 0. The van der Waals surface area contributed by atoms with Gasteiger partial charge in [-0.05, 0) is 6.04 Å². The van der Waals surface area contributed by atoms with Gasteiger partial charge in [0.15, 0.2) is 0 Å². The maximum Gasteiger partial charge on any atom is 0.0452 e. The van der Waals surface area contributed by atoms with Crippen LogP contribution in [0.3, 0.4) is 0 Å². The van der Waals surface area contributed by atoms with Crippen molar-refractivity contribution in [2.45, 2.75) is 6.04 Å². The van der Waals surface area contributed by atoms with E-state index in [2.05, 4.69) is 15.4 Å². The summed E-state index contributed by atoms with van der Waals surface area (Å²) in [5.41, 5.74) is 0. The highest BCUT2D eigenvalue weighted by Gasteiger charge is 1.63. The van der Waals surface area contributed by atoms with E-state index in [0.29, 0.717) is 0 Å². The van der Waals surface area contributed by atoms with Crippen molar-refractivity contribution in [2.75, 3.05) is 0 Å². The van der Waals surface area contributed by atoms with E-state index in [-0.39, 0.29) is 9.19 Å². The molecule has 0 aliphatic carbocycles. The Morgan fingerprint density at radius 2 is 2.60 bits per heavy atom. The minimum absolute atomic E-state index is 0.213. The Morgan fingerprint density at radius 3 is 2.60 bits per heavy atom. The second kappa shape index (κ2) is 4.39. The van der Waals surface area contributed by atoms with Crippen LogP contribution < -0.4 is 0 Å². The molecule has 0 heterocycles. The molecule has 0 fully saturated rings. The number of rotatable bonds is 2. The predicted molar refractivity (Wildman–Crippen MR) is 33.3 cm³/mol. The smallest absolute Gasteiger partial charge is 0.0452 e. The van der Waals surface area contributed by atoms with Crippen LogP contribution in [0.25, 0.3) is 0 Å². The summed E-state index contributed by atoms with van der Waals surface area (Å²) in [6.45, 7) is 3.57. The summed E-state index contributed by atoms with van der Waals surface area (Å²) >= 11 is 0. The first-order chi connectivity index (χ1) is 2.41. The van der Waals surface area contributed by atoms with Gasteiger partial charge in [-0.25, -0.2) is 0 Å². The fraction of sp³-hybridized carbons (Fsp3) is 0.333. The third kappa shape index (κ3) is 4.39. The van der Waals surface area contributed by atoms with Crippen molar-refractivity contribution in [3.8, 4) is 0 Å². The van der Waals surface area contributed by atoms with Crippen molar-refractivity contribution in [1.29, 1.82) is 0 Å². The van der Waals surface area contributed by atoms with Crippen molar-refractivity contribution in [1.82, 2.24) is 0 Å². The Kier molecular flexibility index (Phi) is 4.73. The molecule has 0 saturated carbocycles. The average molecular weight is 104 g/mol. The largest absolute Gasteiger partial charge is 0.155 e. The molecule has 0 aromatic heterocycles. The molecule has 0 amide bonds. The topological polar surface area (TPSA) is 0 Å². The van der Waals surface area contributed by atoms with Gasteiger partial charge >= 0.3 is 0 Å². The van der Waals surface area contributed by atoms with Gasteiger partial charge in [-0.3, -0.25) is 0 Å². The molecule has 0 nitrogen and oxygen atoms in total. The molecule has 1 unspecified atom stereocenters. The molecule has 5 heavy (non-hydrogen) atoms. The maximum absolute atomic E-state index is 3.57. The zero-order valence-corrected chi connectivity index (χ0v) is 5.84. The molecule has 30 valence electrons. The van der Waals surface area contributed by atoms with Gasteiger partial charge in [-0.15, -0.1) is 6.58 Å². The molecule has 0 aromatic rings. The first-order valence-electron chi connectivity index (χ1n) is 1.72. The molecule has 0 N–H and O–H groups in total. The lowest BCUT2D eigenvalue weighted by Crippen LogP contribution is -1.63. The second-order valence-electron chi connectivity index (χ2n) is 0.866. The van der Waals surface area contributed by atoms with E-state index in [0.717, 1.165) is 0 Å². The van der Waals surface area contributed by atoms with E-state index < -0.39 is 0 Å².